The number of ether oxygens (including phenoxy) is 2. The van der Waals surface area contributed by atoms with Gasteiger partial charge < -0.3 is 40.1 Å². The number of nitrogens with one attached hydrogen (secondary N) is 3. The van der Waals surface area contributed by atoms with E-state index in [4.69, 9.17) is 4.74 Å². The third-order valence-electron chi connectivity index (χ3n) is 10.4. The first-order valence-electron chi connectivity index (χ1n) is 20.0. The highest BCUT2D eigenvalue weighted by Crippen LogP contribution is 2.24. The normalized spacial score (nSPS) is 15.8. The molecule has 5 rings (SSSR count). The van der Waals surface area contributed by atoms with Crippen LogP contribution in [0.5, 0.6) is 0 Å². The number of amides is 5. The second-order valence-corrected chi connectivity index (χ2v) is 15.8. The Morgan fingerprint density at radius 3 is 2.32 bits per heavy atom. The molecule has 4 unspecified atom stereocenters. The number of alkyl carbamates (subject to hydrolysis) is 1. The molecule has 3 heterocycles. The standard InChI is InChI=1S/C43H56N8O8S/c1-6-28(2)39(51-21-20-49(43(51)57)24-33-27-60-37(45-33)26-58-4)41(55)46-35(22-30-12-8-7-9-13-30)36(53)25-50(48-40(54)38(29(3)52)47-42(56)59-5)23-31-15-17-32(18-16-31)34-14-10-11-19-44-34/h7-19,27-29,35-36,38-39,52-53H,6,20-26H2,1-5H3,(H,46,55)(H,47,56)(H,48,54)/t28?,29-,35?,36?,38+,39?/m1/s1. The molecule has 0 aliphatic carbocycles. The van der Waals surface area contributed by atoms with E-state index in [0.29, 0.717) is 32.7 Å². The van der Waals surface area contributed by atoms with Gasteiger partial charge in [-0.15, -0.1) is 11.3 Å². The van der Waals surface area contributed by atoms with Gasteiger partial charge in [-0.2, -0.15) is 0 Å². The predicted molar refractivity (Wildman–Crippen MR) is 226 cm³/mol. The summed E-state index contributed by atoms with van der Waals surface area (Å²) in [7, 11) is 2.75. The van der Waals surface area contributed by atoms with Crippen LogP contribution in [-0.4, -0.2) is 123 Å². The largest absolute Gasteiger partial charge is 0.453 e. The molecule has 16 nitrogen and oxygen atoms in total. The van der Waals surface area contributed by atoms with E-state index in [2.05, 4.69) is 30.8 Å². The number of nitrogens with zero attached hydrogens (tertiary/aromatic N) is 5. The van der Waals surface area contributed by atoms with Crippen molar-refractivity contribution >= 4 is 35.3 Å². The lowest BCUT2D eigenvalue weighted by atomic mass is 9.95. The van der Waals surface area contributed by atoms with Crippen molar-refractivity contribution in [3.05, 3.63) is 106 Å². The molecule has 5 amide bonds. The summed E-state index contributed by atoms with van der Waals surface area (Å²) < 4.78 is 9.87. The highest BCUT2D eigenvalue weighted by Gasteiger charge is 2.41. The lowest BCUT2D eigenvalue weighted by Gasteiger charge is -2.35. The summed E-state index contributed by atoms with van der Waals surface area (Å²) in [5, 5.41) is 32.2. The second kappa shape index (κ2) is 22.2. The molecule has 0 saturated carbocycles. The SMILES string of the molecule is CCC(C)C(C(=O)NC(Cc1ccccc1)C(O)CN(Cc1ccc(-c2ccccn2)cc1)NC(=O)[C@@H](NC(=O)OC)[C@@H](C)O)N1CCN(Cc2csc(COC)n2)C1=O. The van der Waals surface area contributed by atoms with Crippen LogP contribution in [0.3, 0.4) is 0 Å². The van der Waals surface area contributed by atoms with Crippen molar-refractivity contribution < 1.29 is 38.9 Å². The number of thiazole rings is 1. The number of hydrogen-bond acceptors (Lipinski definition) is 12. The zero-order chi connectivity index (χ0) is 43.2. The summed E-state index contributed by atoms with van der Waals surface area (Å²) in [6.07, 6.45) is -0.920. The molecule has 0 spiro atoms. The lowest BCUT2D eigenvalue weighted by molar-refractivity contribution is -0.132. The number of pyridine rings is 1. The van der Waals surface area contributed by atoms with Gasteiger partial charge >= 0.3 is 12.1 Å². The van der Waals surface area contributed by atoms with Gasteiger partial charge in [-0.3, -0.25) is 20.0 Å². The number of aromatic nitrogens is 2. The molecule has 6 atom stereocenters. The van der Waals surface area contributed by atoms with E-state index in [1.807, 2.05) is 92.0 Å². The number of aliphatic hydroxyl groups is 2. The molecule has 1 aliphatic rings. The van der Waals surface area contributed by atoms with Crippen LogP contribution in [0.25, 0.3) is 11.3 Å². The minimum atomic E-state index is -1.39. The molecule has 0 bridgehead atoms. The van der Waals surface area contributed by atoms with Crippen molar-refractivity contribution in [2.75, 3.05) is 33.9 Å². The number of rotatable bonds is 21. The van der Waals surface area contributed by atoms with Gasteiger partial charge in [0.15, 0.2) is 0 Å². The van der Waals surface area contributed by atoms with Crippen molar-refractivity contribution in [1.29, 1.82) is 0 Å². The summed E-state index contributed by atoms with van der Waals surface area (Å²) in [5.74, 6) is -1.38. The Balaban J connectivity index is 1.39. The summed E-state index contributed by atoms with van der Waals surface area (Å²) in [6.45, 7) is 6.61. The number of carbonyl (C=O) groups excluding carboxylic acids is 4. The van der Waals surface area contributed by atoms with Crippen LogP contribution in [0, 0.1) is 5.92 Å². The van der Waals surface area contributed by atoms with Crippen LogP contribution in [0.15, 0.2) is 84.4 Å². The lowest BCUT2D eigenvalue weighted by Crippen LogP contribution is -2.60. The molecule has 5 N–H and O–H groups in total. The molecule has 60 heavy (non-hydrogen) atoms. The van der Waals surface area contributed by atoms with E-state index in [0.717, 1.165) is 40.2 Å². The van der Waals surface area contributed by atoms with E-state index in [9.17, 15) is 29.4 Å². The number of hydrogen-bond donors (Lipinski definition) is 5. The summed E-state index contributed by atoms with van der Waals surface area (Å²) in [6, 6.07) is 19.2. The Kier molecular flexibility index (Phi) is 16.9. The molecule has 1 aliphatic heterocycles. The van der Waals surface area contributed by atoms with Crippen molar-refractivity contribution in [3.8, 4) is 11.3 Å². The molecule has 1 fully saturated rings. The first-order chi connectivity index (χ1) is 28.9. The van der Waals surface area contributed by atoms with E-state index in [1.165, 1.54) is 23.3 Å². The first kappa shape index (κ1) is 45.6. The smallest absolute Gasteiger partial charge is 0.407 e. The third-order valence-corrected chi connectivity index (χ3v) is 11.3. The summed E-state index contributed by atoms with van der Waals surface area (Å²) >= 11 is 1.46. The Morgan fingerprint density at radius 2 is 1.67 bits per heavy atom. The molecule has 2 aromatic carbocycles. The van der Waals surface area contributed by atoms with Gasteiger partial charge in [0.2, 0.25) is 5.91 Å². The number of aliphatic hydroxyl groups excluding tert-OH is 2. The number of hydrazine groups is 1. The minimum Gasteiger partial charge on any atom is -0.453 e. The Morgan fingerprint density at radius 1 is 0.933 bits per heavy atom. The molecule has 17 heteroatoms. The maximum absolute atomic E-state index is 14.5. The van der Waals surface area contributed by atoms with Crippen LogP contribution in [0.1, 0.15) is 49.0 Å². The fourth-order valence-corrected chi connectivity index (χ4v) is 7.77. The maximum atomic E-state index is 14.5. The highest BCUT2D eigenvalue weighted by molar-refractivity contribution is 7.09. The van der Waals surface area contributed by atoms with Gasteiger partial charge in [0.05, 0.1) is 49.9 Å². The fraction of sp³-hybridized carbons (Fsp3) is 0.442. The fourth-order valence-electron chi connectivity index (χ4n) is 7.02. The highest BCUT2D eigenvalue weighted by atomic mass is 32.1. The maximum Gasteiger partial charge on any atom is 0.407 e. The number of urea groups is 1. The van der Waals surface area contributed by atoms with Crippen LogP contribution in [-0.2, 0) is 45.2 Å². The zero-order valence-corrected chi connectivity index (χ0v) is 35.5. The van der Waals surface area contributed by atoms with Crippen LogP contribution in [0.4, 0.5) is 9.59 Å². The van der Waals surface area contributed by atoms with Gasteiger partial charge in [0.25, 0.3) is 5.91 Å². The van der Waals surface area contributed by atoms with Crippen molar-refractivity contribution in [1.82, 2.24) is 40.8 Å². The van der Waals surface area contributed by atoms with Crippen LogP contribution >= 0.6 is 11.3 Å². The van der Waals surface area contributed by atoms with Gasteiger partial charge in [-0.1, -0.05) is 80.9 Å². The molecule has 4 aromatic rings. The molecule has 0 radical (unpaired) electrons. The van der Waals surface area contributed by atoms with Gasteiger partial charge in [0.1, 0.15) is 17.1 Å². The average molecular weight is 845 g/mol. The van der Waals surface area contributed by atoms with Crippen LogP contribution < -0.4 is 16.1 Å². The van der Waals surface area contributed by atoms with E-state index < -0.39 is 48.2 Å². The number of methoxy groups -OCH3 is 2. The van der Waals surface area contributed by atoms with Crippen LogP contribution in [0.2, 0.25) is 0 Å². The minimum absolute atomic E-state index is 0.0988. The number of benzene rings is 2. The molecule has 322 valence electrons. The topological polar surface area (TPSA) is 199 Å². The molecule has 1 saturated heterocycles. The first-order valence-corrected chi connectivity index (χ1v) is 20.9. The zero-order valence-electron chi connectivity index (χ0n) is 34.7. The van der Waals surface area contributed by atoms with E-state index in [-0.39, 0.29) is 31.5 Å². The van der Waals surface area contributed by atoms with Crippen molar-refractivity contribution in [3.63, 3.8) is 0 Å². The molecular weight excluding hydrogens is 789 g/mol. The summed E-state index contributed by atoms with van der Waals surface area (Å²) in [5.41, 5.74) is 6.80. The Bertz CT molecular complexity index is 1990. The van der Waals surface area contributed by atoms with Gasteiger partial charge in [0, 0.05) is 50.4 Å². The van der Waals surface area contributed by atoms with Gasteiger partial charge in [-0.25, -0.2) is 19.6 Å². The van der Waals surface area contributed by atoms with Gasteiger partial charge in [-0.05, 0) is 42.5 Å². The van der Waals surface area contributed by atoms with Crippen molar-refractivity contribution in [2.45, 2.75) is 83.6 Å². The quantitative estimate of drug-likeness (QED) is 0.0767. The molecular formula is C43H56N8O8S. The number of carbonyl (C=O) groups is 4. The Hall–Kier alpha value is -5.46. The van der Waals surface area contributed by atoms with Crippen molar-refractivity contribution in [2.24, 2.45) is 5.92 Å². The average Bonchev–Trinajstić information content (AvgIpc) is 3.85. The predicted octanol–water partition coefficient (Wildman–Crippen LogP) is 3.73. The third kappa shape index (κ3) is 12.5. The monoisotopic (exact) mass is 844 g/mol. The van der Waals surface area contributed by atoms with E-state index >= 15 is 0 Å². The Labute approximate surface area is 354 Å². The van der Waals surface area contributed by atoms with E-state index in [1.54, 1.807) is 23.1 Å². The second-order valence-electron chi connectivity index (χ2n) is 14.9. The summed E-state index contributed by atoms with van der Waals surface area (Å²) in [4.78, 5) is 66.4. The molecule has 2 aromatic heterocycles.